The molecule has 0 radical (unpaired) electrons. The first-order valence-corrected chi connectivity index (χ1v) is 7.16. The molecular weight excluding hydrogens is 309 g/mol. The summed E-state index contributed by atoms with van der Waals surface area (Å²) in [6.45, 7) is 3.82. The first-order chi connectivity index (χ1) is 9.86. The molecule has 0 aliphatic heterocycles. The van der Waals surface area contributed by atoms with Gasteiger partial charge in [0.15, 0.2) is 0 Å². The van der Waals surface area contributed by atoms with Gasteiger partial charge in [0, 0.05) is 10.7 Å². The maximum Gasteiger partial charge on any atom is 0.307 e. The third kappa shape index (κ3) is 3.90. The Labute approximate surface area is 133 Å². The predicted molar refractivity (Wildman–Crippen MR) is 87.0 cm³/mol. The average Bonchev–Trinajstić information content (AvgIpc) is 2.35. The zero-order valence-electron chi connectivity index (χ0n) is 11.7. The van der Waals surface area contributed by atoms with Gasteiger partial charge in [-0.2, -0.15) is 0 Å². The molecule has 0 saturated carbocycles. The molecule has 2 N–H and O–H groups in total. The Morgan fingerprint density at radius 3 is 2.52 bits per heavy atom. The summed E-state index contributed by atoms with van der Waals surface area (Å²) in [5.41, 5.74) is 4.09. The van der Waals surface area contributed by atoms with E-state index in [9.17, 15) is 4.79 Å². The van der Waals surface area contributed by atoms with Crippen LogP contribution in [-0.2, 0) is 11.2 Å². The van der Waals surface area contributed by atoms with E-state index in [1.54, 1.807) is 12.1 Å². The van der Waals surface area contributed by atoms with Crippen molar-refractivity contribution >= 4 is 40.5 Å². The summed E-state index contributed by atoms with van der Waals surface area (Å²) in [4.78, 5) is 11.0. The van der Waals surface area contributed by atoms with Crippen molar-refractivity contribution in [1.29, 1.82) is 0 Å². The molecule has 0 bridgehead atoms. The molecule has 0 spiro atoms. The molecule has 21 heavy (non-hydrogen) atoms. The number of halogens is 2. The molecule has 3 nitrogen and oxygen atoms in total. The van der Waals surface area contributed by atoms with Gasteiger partial charge >= 0.3 is 5.97 Å². The minimum absolute atomic E-state index is 0.0474. The topological polar surface area (TPSA) is 49.3 Å². The molecular formula is C16H15Cl2NO2. The Morgan fingerprint density at radius 1 is 1.19 bits per heavy atom. The molecule has 0 atom stereocenters. The summed E-state index contributed by atoms with van der Waals surface area (Å²) < 4.78 is 0. The Morgan fingerprint density at radius 2 is 1.90 bits per heavy atom. The van der Waals surface area contributed by atoms with Gasteiger partial charge in [-0.1, -0.05) is 40.9 Å². The zero-order chi connectivity index (χ0) is 15.6. The quantitative estimate of drug-likeness (QED) is 0.834. The van der Waals surface area contributed by atoms with Crippen molar-refractivity contribution in [2.24, 2.45) is 0 Å². The minimum atomic E-state index is -0.873. The molecule has 0 unspecified atom stereocenters. The lowest BCUT2D eigenvalue weighted by Gasteiger charge is -2.15. The molecule has 2 aromatic carbocycles. The average molecular weight is 324 g/mol. The standard InChI is InChI=1S/C16H15Cl2NO2/c1-9-3-4-14(11(5-9)7-15(20)21)19-16-10(2)6-12(17)8-13(16)18/h3-6,8,19H,7H2,1-2H3,(H,20,21). The van der Waals surface area contributed by atoms with Gasteiger partial charge in [-0.3, -0.25) is 4.79 Å². The fraction of sp³-hybridized carbons (Fsp3) is 0.188. The number of rotatable bonds is 4. The Balaban J connectivity index is 2.42. The first kappa shape index (κ1) is 15.7. The van der Waals surface area contributed by atoms with Gasteiger partial charge in [0.2, 0.25) is 0 Å². The first-order valence-electron chi connectivity index (χ1n) is 6.41. The fourth-order valence-corrected chi connectivity index (χ4v) is 2.79. The second-order valence-electron chi connectivity index (χ2n) is 4.94. The lowest BCUT2D eigenvalue weighted by atomic mass is 10.1. The molecule has 5 heteroatoms. The lowest BCUT2D eigenvalue weighted by molar-refractivity contribution is -0.136. The number of benzene rings is 2. The Kier molecular flexibility index (Phi) is 4.76. The van der Waals surface area contributed by atoms with E-state index in [4.69, 9.17) is 28.3 Å². The van der Waals surface area contributed by atoms with Crippen LogP contribution in [-0.4, -0.2) is 11.1 Å². The SMILES string of the molecule is Cc1ccc(Nc2c(C)cc(Cl)cc2Cl)c(CC(=O)O)c1. The van der Waals surface area contributed by atoms with E-state index in [1.165, 1.54) is 0 Å². The molecule has 0 aromatic heterocycles. The number of nitrogens with one attached hydrogen (secondary N) is 1. The molecule has 0 heterocycles. The largest absolute Gasteiger partial charge is 0.481 e. The highest BCUT2D eigenvalue weighted by Gasteiger charge is 2.11. The van der Waals surface area contributed by atoms with Gasteiger partial charge in [0.1, 0.15) is 0 Å². The Bertz CT molecular complexity index is 676. The van der Waals surface area contributed by atoms with E-state index in [-0.39, 0.29) is 6.42 Å². The second kappa shape index (κ2) is 6.37. The lowest BCUT2D eigenvalue weighted by Crippen LogP contribution is -2.05. The maximum absolute atomic E-state index is 11.0. The summed E-state index contributed by atoms with van der Waals surface area (Å²) >= 11 is 12.2. The number of hydrogen-bond acceptors (Lipinski definition) is 2. The summed E-state index contributed by atoms with van der Waals surface area (Å²) in [5.74, 6) is -0.873. The highest BCUT2D eigenvalue weighted by Crippen LogP contribution is 2.33. The second-order valence-corrected chi connectivity index (χ2v) is 5.78. The third-order valence-electron chi connectivity index (χ3n) is 3.11. The van der Waals surface area contributed by atoms with Crippen LogP contribution in [0.4, 0.5) is 11.4 Å². The van der Waals surface area contributed by atoms with Crippen LogP contribution < -0.4 is 5.32 Å². The summed E-state index contributed by atoms with van der Waals surface area (Å²) in [6, 6.07) is 9.10. The van der Waals surface area contributed by atoms with Gasteiger partial charge in [0.25, 0.3) is 0 Å². The van der Waals surface area contributed by atoms with Crippen molar-refractivity contribution in [2.45, 2.75) is 20.3 Å². The smallest absolute Gasteiger partial charge is 0.307 e. The van der Waals surface area contributed by atoms with Crippen molar-refractivity contribution in [3.8, 4) is 0 Å². The van der Waals surface area contributed by atoms with E-state index in [1.807, 2.05) is 32.0 Å². The third-order valence-corrected chi connectivity index (χ3v) is 3.63. The normalized spacial score (nSPS) is 10.5. The number of hydrogen-bond donors (Lipinski definition) is 2. The van der Waals surface area contributed by atoms with Crippen molar-refractivity contribution in [3.05, 3.63) is 57.1 Å². The van der Waals surface area contributed by atoms with Crippen LogP contribution in [0.3, 0.4) is 0 Å². The molecule has 0 amide bonds. The van der Waals surface area contributed by atoms with E-state index in [0.29, 0.717) is 15.6 Å². The molecule has 2 aromatic rings. The van der Waals surface area contributed by atoms with Crippen molar-refractivity contribution in [2.75, 3.05) is 5.32 Å². The van der Waals surface area contributed by atoms with E-state index >= 15 is 0 Å². The summed E-state index contributed by atoms with van der Waals surface area (Å²) in [7, 11) is 0. The molecule has 0 saturated heterocycles. The van der Waals surface area contributed by atoms with Crippen LogP contribution in [0.5, 0.6) is 0 Å². The van der Waals surface area contributed by atoms with Crippen LogP contribution in [0.15, 0.2) is 30.3 Å². The van der Waals surface area contributed by atoms with Crippen LogP contribution in [0.25, 0.3) is 0 Å². The number of carboxylic acid groups (broad SMARTS) is 1. The monoisotopic (exact) mass is 323 g/mol. The number of aliphatic carboxylic acids is 1. The van der Waals surface area contributed by atoms with Gasteiger partial charge < -0.3 is 10.4 Å². The summed E-state index contributed by atoms with van der Waals surface area (Å²) in [5, 5.41) is 13.3. The van der Waals surface area contributed by atoms with Crippen molar-refractivity contribution < 1.29 is 9.90 Å². The molecule has 110 valence electrons. The van der Waals surface area contributed by atoms with Crippen molar-refractivity contribution in [3.63, 3.8) is 0 Å². The van der Waals surface area contributed by atoms with E-state index < -0.39 is 5.97 Å². The van der Waals surface area contributed by atoms with Crippen LogP contribution in [0.2, 0.25) is 10.0 Å². The number of carboxylic acids is 1. The minimum Gasteiger partial charge on any atom is -0.481 e. The van der Waals surface area contributed by atoms with Crippen LogP contribution in [0, 0.1) is 13.8 Å². The molecule has 2 rings (SSSR count). The van der Waals surface area contributed by atoms with Gasteiger partial charge in [0.05, 0.1) is 17.1 Å². The van der Waals surface area contributed by atoms with E-state index in [0.717, 1.165) is 22.5 Å². The fourth-order valence-electron chi connectivity index (χ4n) is 2.15. The van der Waals surface area contributed by atoms with E-state index in [2.05, 4.69) is 5.32 Å². The molecule has 0 aliphatic carbocycles. The summed E-state index contributed by atoms with van der Waals surface area (Å²) in [6.07, 6.45) is -0.0474. The number of aryl methyl sites for hydroxylation is 2. The van der Waals surface area contributed by atoms with Gasteiger partial charge in [-0.25, -0.2) is 0 Å². The number of carbonyl (C=O) groups is 1. The number of anilines is 2. The zero-order valence-corrected chi connectivity index (χ0v) is 13.2. The maximum atomic E-state index is 11.0. The van der Waals surface area contributed by atoms with Crippen LogP contribution in [0.1, 0.15) is 16.7 Å². The Hall–Kier alpha value is -1.71. The predicted octanol–water partition coefficient (Wildman–Crippen LogP) is 4.98. The van der Waals surface area contributed by atoms with Crippen LogP contribution >= 0.6 is 23.2 Å². The highest BCUT2D eigenvalue weighted by molar-refractivity contribution is 6.36. The van der Waals surface area contributed by atoms with Gasteiger partial charge in [-0.15, -0.1) is 0 Å². The molecule has 0 fully saturated rings. The van der Waals surface area contributed by atoms with Gasteiger partial charge in [-0.05, 0) is 43.2 Å². The highest BCUT2D eigenvalue weighted by atomic mass is 35.5. The molecule has 0 aliphatic rings. The van der Waals surface area contributed by atoms with Crippen molar-refractivity contribution in [1.82, 2.24) is 0 Å².